The van der Waals surface area contributed by atoms with Gasteiger partial charge >= 0.3 is 11.9 Å². The summed E-state index contributed by atoms with van der Waals surface area (Å²) >= 11 is 0. The Labute approximate surface area is 177 Å². The van der Waals surface area contributed by atoms with Crippen molar-refractivity contribution in [2.45, 2.75) is 46.0 Å². The van der Waals surface area contributed by atoms with Gasteiger partial charge < -0.3 is 14.6 Å². The molecule has 162 valence electrons. The van der Waals surface area contributed by atoms with Crippen LogP contribution in [0, 0.1) is 34.5 Å². The molecule has 2 unspecified atom stereocenters. The second-order valence-corrected chi connectivity index (χ2v) is 6.64. The Morgan fingerprint density at radius 2 is 1.23 bits per heavy atom. The lowest BCUT2D eigenvalue weighted by atomic mass is 10.1. The molecular weight excluding hydrogens is 388 g/mol. The molecule has 0 heterocycles. The number of nitrogens with zero attached hydrogens (tertiary/aromatic N) is 4. The largest absolute Gasteiger partial charge is 0.462 e. The normalized spacial score (nSPS) is 15.0. The smallest absolute Gasteiger partial charge is 0.327 e. The number of hydrogen-bond donors (Lipinski definition) is 1. The summed E-state index contributed by atoms with van der Waals surface area (Å²) in [4.78, 5) is 31.2. The molecule has 0 rings (SSSR count). The number of carbonyl (C=O) groups is 2. The zero-order valence-electron chi connectivity index (χ0n) is 17.6. The number of nitriles is 2. The van der Waals surface area contributed by atoms with Crippen LogP contribution in [-0.2, 0) is 19.1 Å². The number of hydrogen-bond acceptors (Lipinski definition) is 9. The summed E-state index contributed by atoms with van der Waals surface area (Å²) in [6.07, 6.45) is 6.89. The van der Waals surface area contributed by atoms with Crippen molar-refractivity contribution in [1.82, 2.24) is 0 Å². The maximum atomic E-state index is 11.6. The fourth-order valence-corrected chi connectivity index (χ4v) is 1.83. The highest BCUT2D eigenvalue weighted by Crippen LogP contribution is 2.04. The predicted octanol–water partition coefficient (Wildman–Crippen LogP) is 1.78. The molecule has 9 heteroatoms. The number of carbonyl (C=O) groups excluding carboxylic acids is 2. The maximum absolute atomic E-state index is 11.6. The minimum atomic E-state index is -1.02. The summed E-state index contributed by atoms with van der Waals surface area (Å²) in [5, 5.41) is 27.7. The van der Waals surface area contributed by atoms with E-state index < -0.39 is 29.9 Å². The third kappa shape index (κ3) is 13.0. The van der Waals surface area contributed by atoms with Crippen LogP contribution in [0.1, 0.15) is 27.7 Å². The number of allylic oxidation sites excluding steroid dienone is 2. The summed E-state index contributed by atoms with van der Waals surface area (Å²) in [6, 6.07) is 3.66. The van der Waals surface area contributed by atoms with Gasteiger partial charge in [0.05, 0.1) is 43.5 Å². The van der Waals surface area contributed by atoms with Gasteiger partial charge in [-0.1, -0.05) is 12.2 Å². The Bertz CT molecular complexity index is 679. The molecule has 9 nitrogen and oxygen atoms in total. The van der Waals surface area contributed by atoms with E-state index in [9.17, 15) is 14.7 Å². The molecule has 2 atom stereocenters. The molecule has 0 bridgehead atoms. The first-order valence-corrected chi connectivity index (χ1v) is 9.42. The first kappa shape index (κ1) is 26.7. The number of esters is 2. The van der Waals surface area contributed by atoms with Gasteiger partial charge in [-0.15, -0.1) is 0 Å². The molecule has 0 aliphatic rings. The van der Waals surface area contributed by atoms with E-state index in [0.29, 0.717) is 0 Å². The summed E-state index contributed by atoms with van der Waals surface area (Å²) in [6.45, 7) is 6.92. The van der Waals surface area contributed by atoms with Crippen molar-refractivity contribution in [2.24, 2.45) is 21.8 Å². The van der Waals surface area contributed by atoms with E-state index in [4.69, 9.17) is 20.0 Å². The zero-order valence-corrected chi connectivity index (χ0v) is 17.6. The van der Waals surface area contributed by atoms with Gasteiger partial charge in [-0.3, -0.25) is 19.6 Å². The van der Waals surface area contributed by atoms with E-state index in [0.717, 1.165) is 0 Å². The van der Waals surface area contributed by atoms with Crippen LogP contribution in [0.4, 0.5) is 0 Å². The van der Waals surface area contributed by atoms with Crippen molar-refractivity contribution in [3.63, 3.8) is 0 Å². The van der Waals surface area contributed by atoms with Gasteiger partial charge in [-0.05, 0) is 39.8 Å². The fourth-order valence-electron chi connectivity index (χ4n) is 1.83. The summed E-state index contributed by atoms with van der Waals surface area (Å²) in [5.74, 6) is -3.29. The second kappa shape index (κ2) is 15.6. The lowest BCUT2D eigenvalue weighted by Gasteiger charge is -2.08. The Hall–Kier alpha value is -3.30. The molecule has 0 amide bonds. The molecule has 0 aliphatic carbocycles. The molecule has 0 saturated heterocycles. The number of aliphatic imine (C=N–C) groups is 2. The summed E-state index contributed by atoms with van der Waals surface area (Å²) in [5.41, 5.74) is 0. The lowest BCUT2D eigenvalue weighted by Crippen LogP contribution is -2.18. The van der Waals surface area contributed by atoms with Gasteiger partial charge in [0.25, 0.3) is 0 Å². The Kier molecular flexibility index (Phi) is 13.9. The van der Waals surface area contributed by atoms with Gasteiger partial charge in [0, 0.05) is 12.4 Å². The fraction of sp³-hybridized carbons (Fsp3) is 0.524. The Morgan fingerprint density at radius 1 is 0.867 bits per heavy atom. The van der Waals surface area contributed by atoms with Gasteiger partial charge in [-0.25, -0.2) is 0 Å². The van der Waals surface area contributed by atoms with Crippen LogP contribution >= 0.6 is 0 Å². The molecule has 0 aliphatic heterocycles. The van der Waals surface area contributed by atoms with Crippen molar-refractivity contribution in [3.8, 4) is 12.1 Å². The van der Waals surface area contributed by atoms with Crippen LogP contribution in [-0.4, -0.2) is 60.9 Å². The van der Waals surface area contributed by atoms with Crippen LogP contribution < -0.4 is 0 Å². The number of aliphatic hydroxyl groups is 1. The quantitative estimate of drug-likeness (QED) is 0.377. The molecule has 0 spiro atoms. The van der Waals surface area contributed by atoms with Gasteiger partial charge in [0.2, 0.25) is 0 Å². The summed E-state index contributed by atoms with van der Waals surface area (Å²) in [7, 11) is 0. The van der Waals surface area contributed by atoms with E-state index in [1.807, 2.05) is 12.1 Å². The van der Waals surface area contributed by atoms with Crippen LogP contribution in [0.3, 0.4) is 0 Å². The van der Waals surface area contributed by atoms with E-state index in [1.54, 1.807) is 27.7 Å². The van der Waals surface area contributed by atoms with E-state index >= 15 is 0 Å². The van der Waals surface area contributed by atoms with Gasteiger partial charge in [-0.2, -0.15) is 10.5 Å². The van der Waals surface area contributed by atoms with Crippen LogP contribution in [0.15, 0.2) is 34.3 Å². The van der Waals surface area contributed by atoms with Crippen LogP contribution in [0.5, 0.6) is 0 Å². The first-order chi connectivity index (χ1) is 14.2. The first-order valence-electron chi connectivity index (χ1n) is 9.42. The molecular formula is C21H28N4O5. The highest BCUT2D eigenvalue weighted by Gasteiger charge is 2.17. The van der Waals surface area contributed by atoms with E-state index in [2.05, 4.69) is 9.98 Å². The van der Waals surface area contributed by atoms with Crippen molar-refractivity contribution in [2.75, 3.05) is 13.1 Å². The number of aliphatic hydroxyl groups excluding tert-OH is 1. The minimum absolute atomic E-state index is 0.0700. The van der Waals surface area contributed by atoms with Crippen molar-refractivity contribution < 1.29 is 24.2 Å². The maximum Gasteiger partial charge on any atom is 0.327 e. The third-order valence-corrected chi connectivity index (χ3v) is 3.11. The SMILES string of the molecule is CC(C)OC(=O)C(C#N)/C=C/C=NCC(O)CN=C/C=C/C(C#N)C(=O)OC(C)C. The van der Waals surface area contributed by atoms with Crippen LogP contribution in [0.25, 0.3) is 0 Å². The Morgan fingerprint density at radius 3 is 1.53 bits per heavy atom. The average Bonchev–Trinajstić information content (AvgIpc) is 2.66. The van der Waals surface area contributed by atoms with Crippen molar-refractivity contribution in [3.05, 3.63) is 24.3 Å². The van der Waals surface area contributed by atoms with Crippen molar-refractivity contribution in [1.29, 1.82) is 10.5 Å². The second-order valence-electron chi connectivity index (χ2n) is 6.64. The predicted molar refractivity (Wildman–Crippen MR) is 112 cm³/mol. The Balaban J connectivity index is 4.37. The third-order valence-electron chi connectivity index (χ3n) is 3.11. The zero-order chi connectivity index (χ0) is 22.9. The highest BCUT2D eigenvalue weighted by atomic mass is 16.5. The standard InChI is InChI=1S/C21H28N4O5/c1-15(2)29-20(27)17(11-22)7-5-9-24-13-19(26)14-25-10-6-8-18(12-23)21(28)30-16(3)4/h5-10,15-19,26H,13-14H2,1-4H3/b7-5+,8-6+,24-9?,25-10?. The van der Waals surface area contributed by atoms with E-state index in [-0.39, 0.29) is 25.3 Å². The van der Waals surface area contributed by atoms with Crippen LogP contribution in [0.2, 0.25) is 0 Å². The lowest BCUT2D eigenvalue weighted by molar-refractivity contribution is -0.149. The summed E-state index contributed by atoms with van der Waals surface area (Å²) < 4.78 is 9.90. The van der Waals surface area contributed by atoms with Crippen molar-refractivity contribution >= 4 is 24.4 Å². The molecule has 0 aromatic heterocycles. The molecule has 0 aromatic rings. The molecule has 1 N–H and O–H groups in total. The van der Waals surface area contributed by atoms with Gasteiger partial charge in [0.15, 0.2) is 11.8 Å². The highest BCUT2D eigenvalue weighted by molar-refractivity contribution is 5.80. The number of ether oxygens (including phenoxy) is 2. The molecule has 0 radical (unpaired) electrons. The average molecular weight is 416 g/mol. The molecule has 30 heavy (non-hydrogen) atoms. The molecule has 0 fully saturated rings. The molecule has 0 aromatic carbocycles. The topological polar surface area (TPSA) is 145 Å². The van der Waals surface area contributed by atoms with E-state index in [1.165, 1.54) is 36.7 Å². The van der Waals surface area contributed by atoms with Gasteiger partial charge in [0.1, 0.15) is 0 Å². The minimum Gasteiger partial charge on any atom is -0.462 e. The monoisotopic (exact) mass is 416 g/mol. The number of rotatable bonds is 12. The molecule has 0 saturated carbocycles.